The number of hydrogen-bond donors (Lipinski definition) is 1. The molecule has 1 N–H and O–H groups in total. The predicted molar refractivity (Wildman–Crippen MR) is 159 cm³/mol. The highest BCUT2D eigenvalue weighted by Gasteiger charge is 2.56. The monoisotopic (exact) mass is 574 g/mol. The smallest absolute Gasteiger partial charge is 0.354 e. The predicted octanol–water partition coefficient (Wildman–Crippen LogP) is 6.09. The van der Waals surface area contributed by atoms with E-state index in [2.05, 4.69) is 39.6 Å². The Morgan fingerprint density at radius 2 is 1.81 bits per heavy atom. The van der Waals surface area contributed by atoms with Crippen LogP contribution in [-0.4, -0.2) is 59.0 Å². The van der Waals surface area contributed by atoms with Crippen molar-refractivity contribution in [3.63, 3.8) is 0 Å². The largest absolute Gasteiger partial charge is 0.496 e. The topological polar surface area (TPSA) is 106 Å². The van der Waals surface area contributed by atoms with Crippen LogP contribution in [0.25, 0.3) is 11.3 Å². The van der Waals surface area contributed by atoms with Crippen LogP contribution in [0.5, 0.6) is 5.75 Å². The molecule has 1 amide bonds. The fraction of sp³-hybridized carbons (Fsp3) is 0.529. The highest BCUT2D eigenvalue weighted by atomic mass is 16.5. The number of hydrogen-bond acceptors (Lipinski definition) is 6. The molecule has 3 heterocycles. The van der Waals surface area contributed by atoms with Crippen LogP contribution < -0.4 is 4.74 Å². The van der Waals surface area contributed by atoms with Crippen molar-refractivity contribution < 1.29 is 29.0 Å². The molecule has 1 aromatic heterocycles. The molecule has 1 aliphatic carbocycles. The normalized spacial score (nSPS) is 25.5. The third-order valence-electron chi connectivity index (χ3n) is 9.38. The molecule has 0 saturated carbocycles. The van der Waals surface area contributed by atoms with E-state index >= 15 is 0 Å². The highest BCUT2D eigenvalue weighted by Crippen LogP contribution is 2.55. The number of aromatic nitrogens is 1. The zero-order valence-electron chi connectivity index (χ0n) is 26.1. The number of fused-ring (bicyclic) bond motifs is 1. The van der Waals surface area contributed by atoms with E-state index in [0.717, 1.165) is 16.7 Å². The summed E-state index contributed by atoms with van der Waals surface area (Å²) in [5, 5.41) is 9.73. The van der Waals surface area contributed by atoms with Gasteiger partial charge >= 0.3 is 5.97 Å². The molecule has 4 atom stereocenters. The van der Waals surface area contributed by atoms with Gasteiger partial charge in [-0.1, -0.05) is 40.7 Å². The van der Waals surface area contributed by atoms with Crippen molar-refractivity contribution in [1.29, 1.82) is 0 Å². The quantitative estimate of drug-likeness (QED) is 0.471. The number of aromatic carboxylic acids is 1. The second-order valence-electron chi connectivity index (χ2n) is 14.0. The van der Waals surface area contributed by atoms with Gasteiger partial charge in [0.1, 0.15) is 17.6 Å². The second kappa shape index (κ2) is 10.2. The van der Waals surface area contributed by atoms with E-state index in [4.69, 9.17) is 9.47 Å². The first-order chi connectivity index (χ1) is 19.6. The van der Waals surface area contributed by atoms with E-state index in [1.54, 1.807) is 26.2 Å². The number of allylic oxidation sites excluding steroid dienone is 2. The Hall–Kier alpha value is -3.68. The molecule has 1 fully saturated rings. The van der Waals surface area contributed by atoms with Crippen molar-refractivity contribution in [1.82, 2.24) is 9.88 Å². The number of piperidine rings is 1. The van der Waals surface area contributed by atoms with Gasteiger partial charge in [-0.25, -0.2) is 9.78 Å². The van der Waals surface area contributed by atoms with Crippen molar-refractivity contribution in [2.75, 3.05) is 14.2 Å². The number of amides is 1. The Balaban J connectivity index is 1.76. The Labute approximate surface area is 248 Å². The van der Waals surface area contributed by atoms with Crippen molar-refractivity contribution in [2.45, 2.75) is 85.8 Å². The number of Topliss-reactive ketones (excluding diaryl/α,β-unsaturated/α-hetero) is 1. The molecule has 3 aliphatic rings. The van der Waals surface area contributed by atoms with Crippen LogP contribution >= 0.6 is 0 Å². The molecular weight excluding hydrogens is 532 g/mol. The summed E-state index contributed by atoms with van der Waals surface area (Å²) in [5.41, 5.74) is 3.49. The van der Waals surface area contributed by atoms with E-state index in [0.29, 0.717) is 47.6 Å². The van der Waals surface area contributed by atoms with E-state index in [1.807, 2.05) is 31.0 Å². The van der Waals surface area contributed by atoms with Gasteiger partial charge in [-0.15, -0.1) is 0 Å². The fourth-order valence-corrected chi connectivity index (χ4v) is 7.34. The number of carbonyl (C=O) groups excluding carboxylic acids is 2. The summed E-state index contributed by atoms with van der Waals surface area (Å²) in [5.74, 6) is -1.08. The third-order valence-corrected chi connectivity index (χ3v) is 9.38. The number of rotatable bonds is 4. The number of carboxylic acid groups (broad SMARTS) is 1. The van der Waals surface area contributed by atoms with Crippen LogP contribution in [0.4, 0.5) is 0 Å². The minimum atomic E-state index is -1.09. The number of ketones is 1. The van der Waals surface area contributed by atoms with Gasteiger partial charge in [0.05, 0.1) is 18.7 Å². The molecule has 1 saturated heterocycles. The Morgan fingerprint density at radius 1 is 1.12 bits per heavy atom. The Kier molecular flexibility index (Phi) is 7.27. The zero-order chi connectivity index (χ0) is 30.9. The first-order valence-corrected chi connectivity index (χ1v) is 14.6. The highest BCUT2D eigenvalue weighted by molar-refractivity contribution is 6.01. The van der Waals surface area contributed by atoms with E-state index < -0.39 is 23.9 Å². The molecule has 1 aromatic carbocycles. The van der Waals surface area contributed by atoms with Crippen molar-refractivity contribution in [3.8, 4) is 17.0 Å². The number of pyridine rings is 1. The lowest BCUT2D eigenvalue weighted by atomic mass is 9.63. The van der Waals surface area contributed by atoms with Crippen molar-refractivity contribution in [3.05, 3.63) is 58.0 Å². The summed E-state index contributed by atoms with van der Waals surface area (Å²) < 4.78 is 12.6. The average Bonchev–Trinajstić information content (AvgIpc) is 2.88. The fourth-order valence-electron chi connectivity index (χ4n) is 7.34. The SMILES string of the molecule is COc1ccc(-c2ccc(C)c(C(=O)O)n2)c(C)c1[C@H]1C2=C(CC(C)(C)CC2=O)O[C@H]2C[C@@H](C(C)(C)C)N(C)C(=O)C21. The second-order valence-corrected chi connectivity index (χ2v) is 14.0. The van der Waals surface area contributed by atoms with Crippen LogP contribution in [0.2, 0.25) is 0 Å². The number of ether oxygens (including phenoxy) is 2. The van der Waals surface area contributed by atoms with Gasteiger partial charge in [-0.3, -0.25) is 9.59 Å². The Bertz CT molecular complexity index is 1510. The summed E-state index contributed by atoms with van der Waals surface area (Å²) in [6.45, 7) is 14.2. The number of nitrogens with zero attached hydrogens (tertiary/aromatic N) is 2. The minimum absolute atomic E-state index is 0.00780. The molecule has 8 nitrogen and oxygen atoms in total. The Morgan fingerprint density at radius 3 is 2.43 bits per heavy atom. The van der Waals surface area contributed by atoms with Gasteiger partial charge in [0, 0.05) is 55.0 Å². The van der Waals surface area contributed by atoms with Gasteiger partial charge in [0.2, 0.25) is 5.91 Å². The van der Waals surface area contributed by atoms with Crippen molar-refractivity contribution in [2.24, 2.45) is 16.7 Å². The zero-order valence-corrected chi connectivity index (χ0v) is 26.1. The summed E-state index contributed by atoms with van der Waals surface area (Å²) in [6, 6.07) is 7.22. The number of likely N-dealkylation sites (tertiary alicyclic amines) is 1. The molecule has 2 aliphatic heterocycles. The van der Waals surface area contributed by atoms with Gasteiger partial charge in [-0.2, -0.15) is 0 Å². The van der Waals surface area contributed by atoms with E-state index in [-0.39, 0.29) is 34.3 Å². The molecule has 0 radical (unpaired) electrons. The molecule has 42 heavy (non-hydrogen) atoms. The van der Waals surface area contributed by atoms with Gasteiger partial charge in [0.15, 0.2) is 11.5 Å². The summed E-state index contributed by atoms with van der Waals surface area (Å²) in [6.07, 6.45) is 1.23. The van der Waals surface area contributed by atoms with E-state index in [9.17, 15) is 19.5 Å². The summed E-state index contributed by atoms with van der Waals surface area (Å²) in [4.78, 5) is 46.5. The lowest BCUT2D eigenvalue weighted by Gasteiger charge is -2.52. The number of carbonyl (C=O) groups is 3. The molecule has 5 rings (SSSR count). The van der Waals surface area contributed by atoms with Crippen LogP contribution in [-0.2, 0) is 14.3 Å². The average molecular weight is 575 g/mol. The minimum Gasteiger partial charge on any atom is -0.496 e. The molecule has 8 heteroatoms. The third kappa shape index (κ3) is 4.88. The molecule has 0 bridgehead atoms. The first-order valence-electron chi connectivity index (χ1n) is 14.6. The van der Waals surface area contributed by atoms with Crippen molar-refractivity contribution >= 4 is 17.7 Å². The number of aryl methyl sites for hydroxylation is 1. The molecule has 2 aromatic rings. The summed E-state index contributed by atoms with van der Waals surface area (Å²) >= 11 is 0. The van der Waals surface area contributed by atoms with Crippen LogP contribution in [0.15, 0.2) is 35.6 Å². The van der Waals surface area contributed by atoms with Crippen LogP contribution in [0.1, 0.15) is 87.0 Å². The maximum absolute atomic E-state index is 14.3. The first kappa shape index (κ1) is 29.8. The number of methoxy groups -OCH3 is 1. The summed E-state index contributed by atoms with van der Waals surface area (Å²) in [7, 11) is 3.44. The molecule has 0 spiro atoms. The lowest BCUT2D eigenvalue weighted by Crippen LogP contribution is -2.59. The van der Waals surface area contributed by atoms with Crippen LogP contribution in [0.3, 0.4) is 0 Å². The van der Waals surface area contributed by atoms with Gasteiger partial charge < -0.3 is 19.5 Å². The number of carboxylic acids is 1. The molecular formula is C34H42N2O6. The van der Waals surface area contributed by atoms with E-state index in [1.165, 1.54) is 0 Å². The maximum Gasteiger partial charge on any atom is 0.354 e. The lowest BCUT2D eigenvalue weighted by molar-refractivity contribution is -0.157. The van der Waals surface area contributed by atoms with Crippen LogP contribution in [0, 0.1) is 30.6 Å². The molecule has 1 unspecified atom stereocenters. The standard InChI is InChI=1S/C34H42N2O6/c1-17-10-12-20(35-30(17)32(39)40)19-11-13-22(41-9)26(18(19)2)29-27-21(37)15-34(6,7)16-24(27)42-23-14-25(33(3,4)5)36(8)31(38)28(23)29/h10-13,23,25,28-29H,14-16H2,1-9H3,(H,39,40)/t23-,25-,28?,29-/m0/s1. The number of benzene rings is 1. The maximum atomic E-state index is 14.3. The van der Waals surface area contributed by atoms with Gasteiger partial charge in [0.25, 0.3) is 0 Å². The molecule has 224 valence electrons. The van der Waals surface area contributed by atoms with Gasteiger partial charge in [-0.05, 0) is 54.0 Å².